The monoisotopic (exact) mass is 492 g/mol. The molecule has 2 aromatic carbocycles. The summed E-state index contributed by atoms with van der Waals surface area (Å²) in [5, 5.41) is 20.5. The molecule has 0 radical (unpaired) electrons. The van der Waals surface area contributed by atoms with Gasteiger partial charge in [-0.25, -0.2) is 18.6 Å². The number of hydroxylamine groups is 2. The van der Waals surface area contributed by atoms with Crippen molar-refractivity contribution >= 4 is 49.9 Å². The molecule has 31 heavy (non-hydrogen) atoms. The SMILES string of the molecule is CN(O)C(=S)SCC#Cn1cc(-c2ccc(Cl)cc2)c(-c2ccc(S(N)(=O)=O)cc2)n1. The molecule has 3 N–H and O–H groups in total. The third-order valence-corrected chi connectivity index (χ3v) is 6.65. The molecule has 3 aromatic rings. The largest absolute Gasteiger partial charge is 0.287 e. The molecule has 0 saturated heterocycles. The highest BCUT2D eigenvalue weighted by Gasteiger charge is 2.14. The molecule has 0 unspecified atom stereocenters. The van der Waals surface area contributed by atoms with Crippen LogP contribution in [0.15, 0.2) is 59.6 Å². The van der Waals surface area contributed by atoms with Crippen molar-refractivity contribution < 1.29 is 13.6 Å². The first-order valence-electron chi connectivity index (χ1n) is 8.72. The molecule has 0 aliphatic heterocycles. The van der Waals surface area contributed by atoms with Gasteiger partial charge in [0.05, 0.1) is 10.6 Å². The Morgan fingerprint density at radius 3 is 2.42 bits per heavy atom. The molecule has 0 saturated carbocycles. The van der Waals surface area contributed by atoms with Gasteiger partial charge in [-0.05, 0) is 29.8 Å². The maximum atomic E-state index is 11.5. The summed E-state index contributed by atoms with van der Waals surface area (Å²) in [4.78, 5) is 0.0189. The second kappa shape index (κ2) is 9.82. The number of benzene rings is 2. The van der Waals surface area contributed by atoms with Crippen LogP contribution < -0.4 is 5.14 Å². The lowest BCUT2D eigenvalue weighted by Gasteiger charge is -2.07. The number of thioether (sulfide) groups is 1. The Morgan fingerprint density at radius 1 is 1.23 bits per heavy atom. The van der Waals surface area contributed by atoms with E-state index in [0.717, 1.165) is 16.2 Å². The van der Waals surface area contributed by atoms with Gasteiger partial charge in [0.1, 0.15) is 5.69 Å². The molecule has 7 nitrogen and oxygen atoms in total. The number of sulfonamides is 1. The third kappa shape index (κ3) is 6.07. The number of rotatable bonds is 4. The Morgan fingerprint density at radius 2 is 1.84 bits per heavy atom. The quantitative estimate of drug-likeness (QED) is 0.325. The number of thiocarbonyl (C=S) groups is 1. The van der Waals surface area contributed by atoms with Crippen molar-refractivity contribution in [3.63, 3.8) is 0 Å². The zero-order valence-corrected chi connectivity index (χ0v) is 19.4. The van der Waals surface area contributed by atoms with E-state index in [-0.39, 0.29) is 4.90 Å². The predicted octanol–water partition coefficient (Wildman–Crippen LogP) is 3.67. The third-order valence-electron chi connectivity index (χ3n) is 4.05. The highest BCUT2D eigenvalue weighted by molar-refractivity contribution is 8.23. The normalized spacial score (nSPS) is 11.0. The Labute approximate surface area is 194 Å². The van der Waals surface area contributed by atoms with Gasteiger partial charge in [0.15, 0.2) is 4.32 Å². The Hall–Kier alpha value is -2.39. The van der Waals surface area contributed by atoms with Crippen LogP contribution in [0.5, 0.6) is 0 Å². The van der Waals surface area contributed by atoms with Gasteiger partial charge in [-0.1, -0.05) is 65.8 Å². The van der Waals surface area contributed by atoms with Crippen LogP contribution in [-0.2, 0) is 10.0 Å². The van der Waals surface area contributed by atoms with E-state index in [9.17, 15) is 13.6 Å². The fourth-order valence-corrected chi connectivity index (χ4v) is 3.86. The van der Waals surface area contributed by atoms with E-state index < -0.39 is 10.0 Å². The zero-order valence-electron chi connectivity index (χ0n) is 16.2. The van der Waals surface area contributed by atoms with Crippen molar-refractivity contribution in [2.45, 2.75) is 4.90 Å². The number of nitrogens with two attached hydrogens (primary N) is 1. The van der Waals surface area contributed by atoms with Gasteiger partial charge < -0.3 is 0 Å². The average molecular weight is 493 g/mol. The first kappa shape index (κ1) is 23.3. The van der Waals surface area contributed by atoms with Gasteiger partial charge in [0, 0.05) is 35.4 Å². The van der Waals surface area contributed by atoms with E-state index in [4.69, 9.17) is 29.0 Å². The number of nitrogens with zero attached hydrogens (tertiary/aromatic N) is 3. The van der Waals surface area contributed by atoms with Crippen LogP contribution in [0.2, 0.25) is 5.02 Å². The Kier molecular flexibility index (Phi) is 7.38. The fraction of sp³-hybridized carbons (Fsp3) is 0.100. The fourth-order valence-electron chi connectivity index (χ4n) is 2.59. The van der Waals surface area contributed by atoms with Crippen LogP contribution in [-0.4, -0.2) is 45.6 Å². The second-order valence-electron chi connectivity index (χ2n) is 6.28. The highest BCUT2D eigenvalue weighted by Crippen LogP contribution is 2.32. The van der Waals surface area contributed by atoms with Crippen molar-refractivity contribution in [2.75, 3.05) is 12.8 Å². The minimum absolute atomic E-state index is 0.0189. The molecule has 1 aromatic heterocycles. The highest BCUT2D eigenvalue weighted by atomic mass is 35.5. The van der Waals surface area contributed by atoms with Crippen LogP contribution in [0.1, 0.15) is 0 Å². The summed E-state index contributed by atoms with van der Waals surface area (Å²) in [5.41, 5.74) is 3.00. The minimum Gasteiger partial charge on any atom is -0.287 e. The molecular formula is C20H17ClN4O3S3. The van der Waals surface area contributed by atoms with E-state index in [1.165, 1.54) is 35.6 Å². The Bertz CT molecular complexity index is 1260. The standard InChI is InChI=1S/C20H17ClN4O3S3/c1-24(26)20(29)30-12-2-11-25-13-18(14-3-7-16(21)8-4-14)19(23-25)15-5-9-17(10-6-15)31(22,27)28/h3-10,13,26H,12H2,1H3,(H2,22,27,28). The molecule has 0 spiro atoms. The van der Waals surface area contributed by atoms with E-state index in [2.05, 4.69) is 17.1 Å². The maximum Gasteiger partial charge on any atom is 0.238 e. The lowest BCUT2D eigenvalue weighted by atomic mass is 10.0. The topological polar surface area (TPSA) is 101 Å². The molecular weight excluding hydrogens is 476 g/mol. The van der Waals surface area contributed by atoms with E-state index in [1.807, 2.05) is 12.1 Å². The summed E-state index contributed by atoms with van der Waals surface area (Å²) in [5.74, 6) is 3.31. The summed E-state index contributed by atoms with van der Waals surface area (Å²) >= 11 is 12.2. The summed E-state index contributed by atoms with van der Waals surface area (Å²) < 4.78 is 24.9. The van der Waals surface area contributed by atoms with Gasteiger partial charge in [-0.3, -0.25) is 5.21 Å². The molecule has 3 rings (SSSR count). The van der Waals surface area contributed by atoms with Gasteiger partial charge in [-0.2, -0.15) is 9.78 Å². The van der Waals surface area contributed by atoms with Gasteiger partial charge in [0.25, 0.3) is 0 Å². The van der Waals surface area contributed by atoms with Crippen molar-refractivity contribution in [3.8, 4) is 34.3 Å². The van der Waals surface area contributed by atoms with Crippen LogP contribution >= 0.6 is 35.6 Å². The lowest BCUT2D eigenvalue weighted by molar-refractivity contribution is 0.0205. The van der Waals surface area contributed by atoms with Gasteiger partial charge in [-0.15, -0.1) is 0 Å². The molecule has 0 bridgehead atoms. The number of hydrogen-bond donors (Lipinski definition) is 2. The van der Waals surface area contributed by atoms with Crippen LogP contribution in [0.25, 0.3) is 22.4 Å². The minimum atomic E-state index is -3.79. The summed E-state index contributed by atoms with van der Waals surface area (Å²) in [6.45, 7) is 0. The molecule has 0 amide bonds. The van der Waals surface area contributed by atoms with E-state index in [1.54, 1.807) is 30.5 Å². The van der Waals surface area contributed by atoms with Crippen molar-refractivity contribution in [1.29, 1.82) is 0 Å². The molecule has 160 valence electrons. The molecule has 0 atom stereocenters. The second-order valence-corrected chi connectivity index (χ2v) is 9.89. The van der Waals surface area contributed by atoms with Gasteiger partial charge in [0.2, 0.25) is 10.0 Å². The van der Waals surface area contributed by atoms with Crippen molar-refractivity contribution in [1.82, 2.24) is 14.8 Å². The average Bonchev–Trinajstić information content (AvgIpc) is 3.15. The first-order chi connectivity index (χ1) is 14.6. The van der Waals surface area contributed by atoms with E-state index >= 15 is 0 Å². The lowest BCUT2D eigenvalue weighted by Crippen LogP contribution is -2.17. The number of primary sulfonamides is 1. The predicted molar refractivity (Wildman–Crippen MR) is 127 cm³/mol. The van der Waals surface area contributed by atoms with E-state index in [0.29, 0.717) is 26.4 Å². The van der Waals surface area contributed by atoms with Crippen LogP contribution in [0.4, 0.5) is 0 Å². The molecule has 1 heterocycles. The van der Waals surface area contributed by atoms with Crippen molar-refractivity contribution in [2.24, 2.45) is 5.14 Å². The first-order valence-corrected chi connectivity index (χ1v) is 12.0. The number of halogens is 1. The zero-order chi connectivity index (χ0) is 22.6. The van der Waals surface area contributed by atoms with Gasteiger partial charge >= 0.3 is 0 Å². The molecule has 11 heteroatoms. The molecule has 0 fully saturated rings. The number of aromatic nitrogens is 2. The Balaban J connectivity index is 1.97. The smallest absolute Gasteiger partial charge is 0.238 e. The molecule has 0 aliphatic rings. The maximum absolute atomic E-state index is 11.5. The molecule has 0 aliphatic carbocycles. The summed E-state index contributed by atoms with van der Waals surface area (Å²) in [6.07, 6.45) is 1.78. The summed E-state index contributed by atoms with van der Waals surface area (Å²) in [6, 6.07) is 16.4. The van der Waals surface area contributed by atoms with Crippen molar-refractivity contribution in [3.05, 3.63) is 59.8 Å². The van der Waals surface area contributed by atoms with Crippen LogP contribution in [0.3, 0.4) is 0 Å². The number of hydrogen-bond acceptors (Lipinski definition) is 6. The summed E-state index contributed by atoms with van der Waals surface area (Å²) in [7, 11) is -2.34. The van der Waals surface area contributed by atoms with Crippen LogP contribution in [0, 0.1) is 12.0 Å².